The van der Waals surface area contributed by atoms with Crippen LogP contribution in [0.3, 0.4) is 0 Å². The fraction of sp³-hybridized carbons (Fsp3) is 0.316. The molecule has 274 valence electrons. The van der Waals surface area contributed by atoms with Gasteiger partial charge in [-0.1, -0.05) is 78.3 Å². The Hall–Kier alpha value is -5.15. The fourth-order valence-corrected chi connectivity index (χ4v) is 7.18. The highest BCUT2D eigenvalue weighted by Gasteiger charge is 2.35. The van der Waals surface area contributed by atoms with Crippen molar-refractivity contribution in [2.45, 2.75) is 68.6 Å². The molecule has 1 fully saturated rings. The minimum atomic E-state index is -4.31. The SMILES string of the molecule is COc1ccc(S(=O)(=O)N(C[C@@H](O)[C@H](Cc2ccccc2)NC(=O)/C(NC(=O)c2ccc3ccccc3n2)=C(/C)C(N)=O)OC2CCCCC2)cc1. The first-order valence-corrected chi connectivity index (χ1v) is 18.4. The number of hydroxylamine groups is 1. The van der Waals surface area contributed by atoms with Crippen LogP contribution < -0.4 is 21.1 Å². The van der Waals surface area contributed by atoms with Crippen molar-refractivity contribution >= 4 is 38.6 Å². The average molecular weight is 730 g/mol. The van der Waals surface area contributed by atoms with Crippen LogP contribution in [0.25, 0.3) is 10.9 Å². The molecule has 5 N–H and O–H groups in total. The van der Waals surface area contributed by atoms with Crippen LogP contribution in [0.15, 0.2) is 107 Å². The summed E-state index contributed by atoms with van der Waals surface area (Å²) in [6, 6.07) is 24.0. The van der Waals surface area contributed by atoms with Gasteiger partial charge in [0.2, 0.25) is 5.91 Å². The molecule has 1 heterocycles. The van der Waals surface area contributed by atoms with Gasteiger partial charge in [0, 0.05) is 11.0 Å². The molecule has 2 atom stereocenters. The number of methoxy groups -OCH3 is 1. The van der Waals surface area contributed by atoms with E-state index in [0.717, 1.165) is 29.1 Å². The quantitative estimate of drug-likeness (QED) is 0.104. The molecular weight excluding hydrogens is 687 g/mol. The van der Waals surface area contributed by atoms with Crippen LogP contribution >= 0.6 is 0 Å². The summed E-state index contributed by atoms with van der Waals surface area (Å²) in [7, 11) is -2.84. The number of nitrogens with zero attached hydrogens (tertiary/aromatic N) is 2. The second kappa shape index (κ2) is 17.4. The van der Waals surface area contributed by atoms with E-state index in [1.165, 1.54) is 44.4 Å². The van der Waals surface area contributed by atoms with Crippen molar-refractivity contribution in [2.75, 3.05) is 13.7 Å². The lowest BCUT2D eigenvalue weighted by Crippen LogP contribution is -2.52. The van der Waals surface area contributed by atoms with Crippen LogP contribution in [-0.2, 0) is 30.9 Å². The van der Waals surface area contributed by atoms with Crippen LogP contribution in [0.1, 0.15) is 55.1 Å². The van der Waals surface area contributed by atoms with Gasteiger partial charge in [-0.15, -0.1) is 0 Å². The number of rotatable bonds is 15. The highest BCUT2D eigenvalue weighted by atomic mass is 32.2. The molecule has 1 aromatic heterocycles. The number of aromatic nitrogens is 1. The molecule has 0 aliphatic heterocycles. The first-order chi connectivity index (χ1) is 25.0. The van der Waals surface area contributed by atoms with E-state index in [-0.39, 0.29) is 22.6 Å². The normalized spacial score (nSPS) is 15.4. The van der Waals surface area contributed by atoms with E-state index in [2.05, 4.69) is 15.6 Å². The first-order valence-electron chi connectivity index (χ1n) is 17.0. The maximum atomic E-state index is 14.0. The lowest BCUT2D eigenvalue weighted by molar-refractivity contribution is -0.157. The number of fused-ring (bicyclic) bond motifs is 1. The van der Waals surface area contributed by atoms with E-state index >= 15 is 0 Å². The summed E-state index contributed by atoms with van der Waals surface area (Å²) >= 11 is 0. The molecule has 5 rings (SSSR count). The van der Waals surface area contributed by atoms with E-state index in [0.29, 0.717) is 29.7 Å². The Morgan fingerprint density at radius 3 is 2.29 bits per heavy atom. The molecule has 0 radical (unpaired) electrons. The number of carbonyl (C=O) groups is 3. The van der Waals surface area contributed by atoms with Gasteiger partial charge in [-0.05, 0) is 68.1 Å². The third-order valence-electron chi connectivity index (χ3n) is 8.90. The number of primary amides is 1. The maximum absolute atomic E-state index is 14.0. The zero-order chi connectivity index (χ0) is 37.3. The van der Waals surface area contributed by atoms with Crippen molar-refractivity contribution < 1.29 is 37.5 Å². The van der Waals surface area contributed by atoms with Gasteiger partial charge in [0.1, 0.15) is 17.1 Å². The predicted molar refractivity (Wildman–Crippen MR) is 194 cm³/mol. The number of aliphatic hydroxyl groups is 1. The molecule has 0 unspecified atom stereocenters. The maximum Gasteiger partial charge on any atom is 0.274 e. The molecule has 52 heavy (non-hydrogen) atoms. The smallest absolute Gasteiger partial charge is 0.274 e. The number of pyridine rings is 1. The van der Waals surface area contributed by atoms with E-state index in [9.17, 15) is 27.9 Å². The molecular formula is C38H43N5O8S. The highest BCUT2D eigenvalue weighted by molar-refractivity contribution is 7.89. The molecule has 3 amide bonds. The third kappa shape index (κ3) is 9.59. The van der Waals surface area contributed by atoms with E-state index in [4.69, 9.17) is 15.3 Å². The Balaban J connectivity index is 1.44. The predicted octanol–water partition coefficient (Wildman–Crippen LogP) is 3.78. The average Bonchev–Trinajstić information content (AvgIpc) is 3.16. The Morgan fingerprint density at radius 2 is 1.62 bits per heavy atom. The van der Waals surface area contributed by atoms with Crippen molar-refractivity contribution in [1.82, 2.24) is 20.1 Å². The summed E-state index contributed by atoms with van der Waals surface area (Å²) < 4.78 is 34.0. The Kier molecular flexibility index (Phi) is 12.7. The van der Waals surface area contributed by atoms with E-state index in [1.807, 2.05) is 18.2 Å². The zero-order valence-corrected chi connectivity index (χ0v) is 29.8. The summed E-state index contributed by atoms with van der Waals surface area (Å²) in [6.07, 6.45) is 2.14. The second-order valence-corrected chi connectivity index (χ2v) is 14.4. The topological polar surface area (TPSA) is 190 Å². The van der Waals surface area contributed by atoms with Gasteiger partial charge >= 0.3 is 0 Å². The largest absolute Gasteiger partial charge is 0.497 e. The standard InChI is InChI=1S/C38H43N5O8S/c1-25(36(39)45)35(42-37(46)32-22-17-27-13-9-10-16-31(27)40-32)38(47)41-33(23-26-11-5-3-6-12-26)34(44)24-43(51-29-14-7-4-8-15-29)52(48,49)30-20-18-28(50-2)19-21-30/h3,5-6,9-13,16-22,29,33-34,44H,4,7-8,14-15,23-24H2,1-2H3,(H2,39,45)(H,41,47)(H,42,46)/b35-25+/t33-,34+/m0/s1. The number of aliphatic hydroxyl groups excluding tert-OH is 1. The van der Waals surface area contributed by atoms with Gasteiger partial charge in [-0.3, -0.25) is 19.2 Å². The molecule has 1 aliphatic carbocycles. The summed E-state index contributed by atoms with van der Waals surface area (Å²) in [5, 5.41) is 17.8. The van der Waals surface area contributed by atoms with Gasteiger partial charge in [-0.2, -0.15) is 0 Å². The number of hydrogen-bond acceptors (Lipinski definition) is 9. The highest BCUT2D eigenvalue weighted by Crippen LogP contribution is 2.26. The van der Waals surface area contributed by atoms with Crippen LogP contribution in [0, 0.1) is 0 Å². The number of nitrogens with one attached hydrogen (secondary N) is 2. The Morgan fingerprint density at radius 1 is 0.942 bits per heavy atom. The summed E-state index contributed by atoms with van der Waals surface area (Å²) in [5.41, 5.74) is 6.12. The molecule has 0 bridgehead atoms. The van der Waals surface area contributed by atoms with Crippen LogP contribution in [0.5, 0.6) is 5.75 Å². The monoisotopic (exact) mass is 729 g/mol. The van der Waals surface area contributed by atoms with E-state index in [1.54, 1.807) is 42.5 Å². The molecule has 14 heteroatoms. The lowest BCUT2D eigenvalue weighted by Gasteiger charge is -2.32. The van der Waals surface area contributed by atoms with Gasteiger partial charge in [0.15, 0.2) is 0 Å². The number of carbonyl (C=O) groups excluding carboxylic acids is 3. The van der Waals surface area contributed by atoms with Crippen LogP contribution in [0.2, 0.25) is 0 Å². The first kappa shape index (κ1) is 38.1. The molecule has 0 saturated heterocycles. The summed E-state index contributed by atoms with van der Waals surface area (Å²) in [6.45, 7) is 0.735. The van der Waals surface area contributed by atoms with Crippen molar-refractivity contribution in [2.24, 2.45) is 5.73 Å². The van der Waals surface area contributed by atoms with Gasteiger partial charge in [0.05, 0.1) is 42.3 Å². The number of benzene rings is 3. The Labute approximate surface area is 302 Å². The molecule has 1 aliphatic rings. The molecule has 3 aromatic carbocycles. The number of hydrogen-bond donors (Lipinski definition) is 4. The number of amides is 3. The molecule has 1 saturated carbocycles. The van der Waals surface area contributed by atoms with Gasteiger partial charge in [-0.25, -0.2) is 13.4 Å². The Bertz CT molecular complexity index is 2020. The van der Waals surface area contributed by atoms with E-state index < -0.39 is 58.2 Å². The van der Waals surface area contributed by atoms with Crippen molar-refractivity contribution in [1.29, 1.82) is 0 Å². The third-order valence-corrected chi connectivity index (χ3v) is 10.5. The van der Waals surface area contributed by atoms with Gasteiger partial charge in [0.25, 0.3) is 21.8 Å². The number of nitrogens with two attached hydrogens (primary N) is 1. The van der Waals surface area contributed by atoms with Crippen molar-refractivity contribution in [3.63, 3.8) is 0 Å². The lowest BCUT2D eigenvalue weighted by atomic mass is 9.98. The number of sulfonamides is 1. The minimum absolute atomic E-state index is 0.0126. The minimum Gasteiger partial charge on any atom is -0.497 e. The number of para-hydroxylation sites is 1. The fourth-order valence-electron chi connectivity index (χ4n) is 5.89. The molecule has 4 aromatic rings. The summed E-state index contributed by atoms with van der Waals surface area (Å²) in [5.74, 6) is -2.20. The zero-order valence-electron chi connectivity index (χ0n) is 29.0. The van der Waals surface area contributed by atoms with Gasteiger partial charge < -0.3 is 26.2 Å². The van der Waals surface area contributed by atoms with Crippen molar-refractivity contribution in [3.05, 3.63) is 114 Å². The van der Waals surface area contributed by atoms with Crippen LogP contribution in [-0.4, -0.2) is 72.6 Å². The molecule has 0 spiro atoms. The second-order valence-electron chi connectivity index (χ2n) is 12.6. The number of ether oxygens (including phenoxy) is 1. The molecule has 13 nitrogen and oxygen atoms in total. The van der Waals surface area contributed by atoms with Crippen molar-refractivity contribution in [3.8, 4) is 5.75 Å². The summed E-state index contributed by atoms with van der Waals surface area (Å²) in [4.78, 5) is 50.1. The van der Waals surface area contributed by atoms with Crippen LogP contribution in [0.4, 0.5) is 0 Å².